The quantitative estimate of drug-likeness (QED) is 0.0564. The van der Waals surface area contributed by atoms with E-state index in [9.17, 15) is 59.5 Å². The van der Waals surface area contributed by atoms with E-state index >= 15 is 4.39 Å². The molecular formula is C91H91BrClF8N17O6S3. The molecule has 12 N–H and O–H groups in total. The first-order chi connectivity index (χ1) is 59.6. The van der Waals surface area contributed by atoms with Gasteiger partial charge in [-0.15, -0.1) is 34.0 Å². The molecule has 6 atom stereocenters. The van der Waals surface area contributed by atoms with Crippen molar-refractivity contribution < 1.29 is 63.9 Å². The molecule has 0 saturated carbocycles. The number of hydrogen-bond acceptors (Lipinski definition) is 19. The van der Waals surface area contributed by atoms with E-state index in [4.69, 9.17) is 40.3 Å². The minimum Gasteiger partial charge on any atom is -0.369 e. The van der Waals surface area contributed by atoms with Crippen LogP contribution in [0.15, 0.2) is 228 Å². The molecule has 0 saturated heterocycles. The summed E-state index contributed by atoms with van der Waals surface area (Å²) in [6, 6.07) is 50.2. The van der Waals surface area contributed by atoms with Gasteiger partial charge in [-0.05, 0) is 185 Å². The van der Waals surface area contributed by atoms with Crippen LogP contribution in [-0.4, -0.2) is 124 Å². The number of likely N-dealkylation sites (N-methyl/N-ethyl adjacent to an activating group) is 3. The zero-order valence-electron chi connectivity index (χ0n) is 70.7. The summed E-state index contributed by atoms with van der Waals surface area (Å²) < 4.78 is 110. The van der Waals surface area contributed by atoms with E-state index in [0.717, 1.165) is 125 Å². The summed E-state index contributed by atoms with van der Waals surface area (Å²) in [5.41, 5.74) is 26.9. The summed E-state index contributed by atoms with van der Waals surface area (Å²) in [5, 5.41) is 7.74. The molecule has 8 heterocycles. The van der Waals surface area contributed by atoms with Crippen molar-refractivity contribution in [2.75, 3.05) is 33.5 Å². The highest BCUT2D eigenvalue weighted by Gasteiger charge is 2.62. The van der Waals surface area contributed by atoms with Gasteiger partial charge in [-0.3, -0.25) is 48.5 Å². The van der Waals surface area contributed by atoms with E-state index < -0.39 is 86.6 Å². The molecule has 1 spiro atoms. The van der Waals surface area contributed by atoms with Gasteiger partial charge in [0.25, 0.3) is 17.7 Å². The molecule has 5 aliphatic heterocycles. The van der Waals surface area contributed by atoms with Crippen molar-refractivity contribution in [3.63, 3.8) is 0 Å². The number of guanidine groups is 5. The fourth-order valence-electron chi connectivity index (χ4n) is 15.5. The molecule has 16 rings (SSSR count). The molecule has 664 valence electrons. The van der Waals surface area contributed by atoms with Crippen LogP contribution in [0.4, 0.5) is 45.6 Å². The maximum atomic E-state index is 16.7. The number of halogens is 10. The van der Waals surface area contributed by atoms with Crippen LogP contribution in [0.2, 0.25) is 5.02 Å². The van der Waals surface area contributed by atoms with Crippen molar-refractivity contribution in [1.82, 2.24) is 29.8 Å². The number of amides is 7. The van der Waals surface area contributed by atoms with Gasteiger partial charge in [0, 0.05) is 88.2 Å². The predicted molar refractivity (Wildman–Crippen MR) is 483 cm³/mol. The number of thiophene rings is 3. The molecule has 7 aromatic carbocycles. The lowest BCUT2D eigenvalue weighted by Crippen LogP contribution is -2.61. The van der Waals surface area contributed by atoms with E-state index in [2.05, 4.69) is 83.7 Å². The Labute approximate surface area is 753 Å². The lowest BCUT2D eigenvalue weighted by molar-refractivity contribution is -0.147. The first-order valence-electron chi connectivity index (χ1n) is 39.6. The molecule has 0 radical (unpaired) electrons. The van der Waals surface area contributed by atoms with Gasteiger partial charge in [-0.1, -0.05) is 142 Å². The number of aliphatic imine (C=N–C) groups is 5. The number of urea groups is 1. The normalized spacial score (nSPS) is 21.9. The number of rotatable bonds is 12. The highest BCUT2D eigenvalue weighted by atomic mass is 79.9. The maximum Gasteiger partial charge on any atom is 0.416 e. The van der Waals surface area contributed by atoms with Crippen molar-refractivity contribution in [2.24, 2.45) is 53.6 Å². The molecule has 10 aromatic rings. The first-order valence-corrected chi connectivity index (χ1v) is 43.3. The summed E-state index contributed by atoms with van der Waals surface area (Å²) in [7, 11) is 6.14. The van der Waals surface area contributed by atoms with Crippen LogP contribution in [0, 0.1) is 23.3 Å². The molecule has 6 aliphatic rings. The second-order valence-corrected chi connectivity index (χ2v) is 37.7. The molecule has 7 amide bonds. The lowest BCUT2D eigenvalue weighted by atomic mass is 9.74. The lowest BCUT2D eigenvalue weighted by Gasteiger charge is -2.44. The standard InChI is InChI=1S/C20H23BrFN3OS.C20H16ClN3OS.C20H21F2N5O2.C19H16F5N3O.C12H15N3OS/c1-18(2,3)12-6-8-13(9-7-12)20(22)16(26)25(5)17(23)24-19(20,4)14-10-11-15(21)27-14;1-24-18(25)20(23-19(24)22,14-7-3-2-4-8-14)17-11-10-16(26-17)13-6-5-9-15(21)12-13;1-20(2)17(28)27(18(23)26-20)11-13-5-3-12(4-6-13)10-24-19(29)25-16-8-14(21)7-15(22)9-16;1-18(13-8-7-12(20)9-14(13)21)15(16(28)27(2)17(25)26-18)10-3-5-11(6-4-10)19(22,23)24;1-15-10(16)7-12(14-11(15)13)5-2-3-9-8(12)4-6-17-9/h6-11H,1-5H3,(H2,23,24);2-12H,1H3,(H2,22,23);3-9H,10-11H2,1-2H3,(H2,23,26)(H2,24,25,29);3-9,15H,1-2H3,(H2,25,26);4,6H,2-3,5,7H2,1H3,(H2,13,14)/t19-,20+;;;15-,18+;12-/m1..00/s1. The van der Waals surface area contributed by atoms with E-state index in [1.165, 1.54) is 68.8 Å². The fraction of sp³-hybridized carbons (Fsp3) is 0.286. The SMILES string of the molecule is CC1(C)N=C(N)N(Cc2ccc(CNC(=O)Nc3cc(F)cc(F)c3)cc2)C1=O.CN1C(=O)C(c2ccccc2)(c2ccc(-c3cccc(Cl)c3)s2)N=C1N.CN1C(=O)C[C@]2(CCCc3sccc32)N=C1N.CN1C(=O)[C@@](F)(c2ccc(C(C)(C)C)cc2)[C@@](C)(c2ccc(Br)s2)N=C1N.CN1C(=O)[C@H](c2ccc(C(F)(F)F)cc2)[C@@](C)(c2ccc(F)cc2F)N=C1N. The van der Waals surface area contributed by atoms with Gasteiger partial charge in [0.15, 0.2) is 29.8 Å². The monoisotopic (exact) mass is 1880 g/mol. The summed E-state index contributed by atoms with van der Waals surface area (Å²) >= 11 is 14.2. The van der Waals surface area contributed by atoms with E-state index in [1.54, 1.807) is 76.5 Å². The Balaban J connectivity index is 0.000000145. The van der Waals surface area contributed by atoms with Crippen LogP contribution >= 0.6 is 61.5 Å². The molecule has 23 nitrogen and oxygen atoms in total. The summed E-state index contributed by atoms with van der Waals surface area (Å²) in [6.07, 6.45) is -0.971. The Morgan fingerprint density at radius 3 is 1.78 bits per heavy atom. The van der Waals surface area contributed by atoms with Crippen LogP contribution in [0.5, 0.6) is 0 Å². The largest absolute Gasteiger partial charge is 0.416 e. The minimum atomic E-state index is -4.54. The van der Waals surface area contributed by atoms with E-state index in [-0.39, 0.29) is 81.4 Å². The van der Waals surface area contributed by atoms with E-state index in [1.807, 2.05) is 97.1 Å². The Kier molecular flexibility index (Phi) is 27.1. The molecule has 0 fully saturated rings. The van der Waals surface area contributed by atoms with Crippen LogP contribution in [0.3, 0.4) is 0 Å². The van der Waals surface area contributed by atoms with Crippen molar-refractivity contribution in [1.29, 1.82) is 0 Å². The third kappa shape index (κ3) is 19.3. The Morgan fingerprint density at radius 1 is 0.583 bits per heavy atom. The average molecular weight is 1880 g/mol. The number of nitrogens with one attached hydrogen (secondary N) is 2. The van der Waals surface area contributed by atoms with Gasteiger partial charge in [-0.2, -0.15) is 13.2 Å². The zero-order valence-corrected chi connectivity index (χ0v) is 75.5. The Morgan fingerprint density at radius 2 is 1.20 bits per heavy atom. The maximum absolute atomic E-state index is 16.7. The van der Waals surface area contributed by atoms with Gasteiger partial charge in [0.1, 0.15) is 39.9 Å². The topological polar surface area (TPSA) is 335 Å². The highest BCUT2D eigenvalue weighted by molar-refractivity contribution is 9.11. The van der Waals surface area contributed by atoms with E-state index in [0.29, 0.717) is 34.9 Å². The summed E-state index contributed by atoms with van der Waals surface area (Å²) in [5.74, 6) is -5.41. The summed E-state index contributed by atoms with van der Waals surface area (Å²) in [6.45, 7) is 13.3. The van der Waals surface area contributed by atoms with Crippen molar-refractivity contribution in [2.45, 2.75) is 138 Å². The zero-order chi connectivity index (χ0) is 92.6. The fourth-order valence-corrected chi connectivity index (χ4v) is 19.4. The Hall–Kier alpha value is -12.2. The number of benzene rings is 7. The third-order valence-electron chi connectivity index (χ3n) is 22.6. The van der Waals surface area contributed by atoms with Crippen molar-refractivity contribution in [3.05, 3.63) is 296 Å². The molecule has 1 aliphatic carbocycles. The summed E-state index contributed by atoms with van der Waals surface area (Å²) in [4.78, 5) is 108. The number of fused-ring (bicyclic) bond motifs is 2. The third-order valence-corrected chi connectivity index (χ3v) is 26.9. The van der Waals surface area contributed by atoms with Gasteiger partial charge in [0.05, 0.1) is 33.8 Å². The van der Waals surface area contributed by atoms with Crippen molar-refractivity contribution in [3.8, 4) is 10.4 Å². The van der Waals surface area contributed by atoms with Crippen LogP contribution in [0.1, 0.15) is 138 Å². The smallest absolute Gasteiger partial charge is 0.369 e. The van der Waals surface area contributed by atoms with Gasteiger partial charge < -0.3 is 39.3 Å². The van der Waals surface area contributed by atoms with Gasteiger partial charge >= 0.3 is 12.2 Å². The number of nitrogens with zero attached hydrogens (tertiary/aromatic N) is 10. The number of nitrogens with two attached hydrogens (primary N) is 5. The number of aryl methyl sites for hydroxylation is 1. The van der Waals surface area contributed by atoms with Crippen molar-refractivity contribution >= 4 is 133 Å². The first kappa shape index (κ1) is 94.0. The van der Waals surface area contributed by atoms with Crippen LogP contribution in [-0.2, 0) is 82.9 Å². The second-order valence-electron chi connectivity index (χ2n) is 32.7. The minimum absolute atomic E-state index is 0.00612. The second kappa shape index (κ2) is 36.6. The van der Waals surface area contributed by atoms with Gasteiger partial charge in [-0.25, -0.2) is 51.7 Å². The molecular weight excluding hydrogens is 1790 g/mol. The Bertz CT molecular complexity index is 6030. The van der Waals surface area contributed by atoms with Gasteiger partial charge in [0.2, 0.25) is 23.0 Å². The predicted octanol–water partition coefficient (Wildman–Crippen LogP) is 16.7. The molecule has 36 heteroatoms. The number of alkyl halides is 4. The molecule has 127 heavy (non-hydrogen) atoms. The molecule has 3 aromatic heterocycles. The molecule has 1 unspecified atom stereocenters. The highest BCUT2D eigenvalue weighted by Crippen LogP contribution is 2.54. The number of anilines is 1. The number of hydrogen-bond donors (Lipinski definition) is 7. The molecule has 0 bridgehead atoms. The van der Waals surface area contributed by atoms with Crippen LogP contribution in [0.25, 0.3) is 10.4 Å². The number of carbonyl (C=O) groups is 6. The number of carbonyl (C=O) groups excluding carboxylic acids is 6. The van der Waals surface area contributed by atoms with Crippen LogP contribution < -0.4 is 39.3 Å². The average Bonchev–Trinajstić information content (AvgIpc) is 1.01.